The van der Waals surface area contributed by atoms with Gasteiger partial charge in [0, 0.05) is 24.4 Å². The summed E-state index contributed by atoms with van der Waals surface area (Å²) in [5, 5.41) is 9.23. The van der Waals surface area contributed by atoms with Gasteiger partial charge in [-0.15, -0.1) is 0 Å². The Hall–Kier alpha value is -3.35. The van der Waals surface area contributed by atoms with Crippen LogP contribution < -0.4 is 10.2 Å². The molecule has 3 aromatic rings. The van der Waals surface area contributed by atoms with Crippen molar-refractivity contribution in [3.05, 3.63) is 57.8 Å². The number of aryl methyl sites for hydroxylation is 1. The number of carbonyl (C=O) groups is 1. The lowest BCUT2D eigenvalue weighted by Gasteiger charge is -2.27. The normalized spacial score (nSPS) is 11.7. The Balaban J connectivity index is 0.000000806. The molecule has 0 spiro atoms. The molecule has 2 aromatic heterocycles. The largest absolute Gasteiger partial charge is 0.496 e. The van der Waals surface area contributed by atoms with Crippen LogP contribution in [0, 0.1) is 0 Å². The van der Waals surface area contributed by atoms with Crippen molar-refractivity contribution in [1.29, 1.82) is 0 Å². The molecule has 1 aromatic carbocycles. The van der Waals surface area contributed by atoms with Crippen LogP contribution in [-0.4, -0.2) is 27.7 Å². The van der Waals surface area contributed by atoms with Gasteiger partial charge in [-0.25, -0.2) is 9.78 Å². The van der Waals surface area contributed by atoms with E-state index in [9.17, 15) is 14.7 Å². The number of aromatic carboxylic acids is 1. The van der Waals surface area contributed by atoms with E-state index in [1.807, 2.05) is 10.6 Å². The van der Waals surface area contributed by atoms with E-state index in [0.29, 0.717) is 18.0 Å². The third-order valence-corrected chi connectivity index (χ3v) is 4.99. The highest BCUT2D eigenvalue weighted by Gasteiger charge is 2.26. The number of hydrogen-bond donors (Lipinski definition) is 1. The molecule has 7 heteroatoms. The minimum absolute atomic E-state index is 0.220. The molecule has 0 aliphatic carbocycles. The third-order valence-electron chi connectivity index (χ3n) is 4.99. The Morgan fingerprint density at radius 2 is 2.00 bits per heavy atom. The van der Waals surface area contributed by atoms with Crippen LogP contribution in [0.3, 0.4) is 0 Å². The fourth-order valence-electron chi connectivity index (χ4n) is 3.80. The van der Waals surface area contributed by atoms with E-state index in [0.717, 1.165) is 40.8 Å². The zero-order chi connectivity index (χ0) is 21.8. The van der Waals surface area contributed by atoms with Gasteiger partial charge in [-0.05, 0) is 30.0 Å². The molecule has 4 rings (SSSR count). The second-order valence-corrected chi connectivity index (χ2v) is 7.07. The first-order valence-corrected chi connectivity index (χ1v) is 10.1. The molecule has 0 bridgehead atoms. The predicted molar refractivity (Wildman–Crippen MR) is 114 cm³/mol. The molecule has 7 nitrogen and oxygen atoms in total. The quantitative estimate of drug-likeness (QED) is 0.684. The molecule has 1 N–H and O–H groups in total. The Morgan fingerprint density at radius 3 is 2.57 bits per heavy atom. The van der Waals surface area contributed by atoms with Crippen molar-refractivity contribution in [3.8, 4) is 28.3 Å². The van der Waals surface area contributed by atoms with Crippen molar-refractivity contribution in [3.63, 3.8) is 0 Å². The van der Waals surface area contributed by atoms with E-state index in [1.165, 1.54) is 25.1 Å². The summed E-state index contributed by atoms with van der Waals surface area (Å²) >= 11 is 0. The molecule has 30 heavy (non-hydrogen) atoms. The zero-order valence-corrected chi connectivity index (χ0v) is 17.7. The van der Waals surface area contributed by atoms with Crippen molar-refractivity contribution >= 4 is 5.97 Å². The first-order valence-electron chi connectivity index (χ1n) is 10.1. The van der Waals surface area contributed by atoms with Crippen molar-refractivity contribution in [2.75, 3.05) is 7.11 Å². The number of fused-ring (bicyclic) bond motifs is 3. The van der Waals surface area contributed by atoms with Crippen LogP contribution in [0.25, 0.3) is 22.6 Å². The molecule has 0 radical (unpaired) electrons. The highest BCUT2D eigenvalue weighted by molar-refractivity contribution is 5.88. The molecule has 158 valence electrons. The molecule has 0 amide bonds. The summed E-state index contributed by atoms with van der Waals surface area (Å²) in [5.74, 6) is 0.101. The fourth-order valence-corrected chi connectivity index (χ4v) is 3.80. The molecule has 1 aliphatic heterocycles. The van der Waals surface area contributed by atoms with Crippen LogP contribution in [0.15, 0.2) is 40.1 Å². The number of hydrogen-bond acceptors (Lipinski definition) is 5. The van der Waals surface area contributed by atoms with Crippen molar-refractivity contribution in [1.82, 2.24) is 9.55 Å². The number of ether oxygens (including phenoxy) is 1. The van der Waals surface area contributed by atoms with Crippen LogP contribution in [0.4, 0.5) is 0 Å². The molecule has 0 saturated carbocycles. The SMILES string of the molecule is CCC.CCc1c2c(cc(-c3cnco3)c1OC)-c1cc(=O)c(C(=O)O)cn1CC2. The molecule has 3 heterocycles. The van der Waals surface area contributed by atoms with E-state index in [2.05, 4.69) is 25.8 Å². The maximum atomic E-state index is 12.3. The first-order chi connectivity index (χ1) is 14.5. The van der Waals surface area contributed by atoms with Gasteiger partial charge in [0.25, 0.3) is 0 Å². The summed E-state index contributed by atoms with van der Waals surface area (Å²) in [6, 6.07) is 3.33. The lowest BCUT2D eigenvalue weighted by molar-refractivity contribution is 0.0694. The Kier molecular flexibility index (Phi) is 6.40. The predicted octanol–water partition coefficient (Wildman–Crippen LogP) is 4.41. The second kappa shape index (κ2) is 8.98. The number of carboxylic acid groups (broad SMARTS) is 1. The lowest BCUT2D eigenvalue weighted by atomic mass is 9.88. The third kappa shape index (κ3) is 3.75. The molecule has 0 fully saturated rings. The number of oxazole rings is 1. The molecule has 0 saturated heterocycles. The summed E-state index contributed by atoms with van der Waals surface area (Å²) in [7, 11) is 1.63. The van der Waals surface area contributed by atoms with E-state index < -0.39 is 11.4 Å². The standard InChI is InChI=1S/C20H18N2O5.C3H8/c1-3-11-12-4-5-22-9-15(20(24)25)17(23)7-16(22)13(12)6-14(19(11)26-2)18-8-21-10-27-18;1-3-2/h6-10H,3-5H2,1-2H3,(H,24,25);3H2,1-2H3. The minimum atomic E-state index is -1.22. The molecular weight excluding hydrogens is 384 g/mol. The molecule has 0 unspecified atom stereocenters. The maximum absolute atomic E-state index is 12.3. The molecular formula is C23H26N2O5. The van der Waals surface area contributed by atoms with Gasteiger partial charge in [0.1, 0.15) is 11.3 Å². The van der Waals surface area contributed by atoms with Crippen LogP contribution in [0.1, 0.15) is 48.7 Å². The Morgan fingerprint density at radius 1 is 1.27 bits per heavy atom. The second-order valence-electron chi connectivity index (χ2n) is 7.07. The monoisotopic (exact) mass is 410 g/mol. The number of rotatable bonds is 4. The summed E-state index contributed by atoms with van der Waals surface area (Å²) in [6.45, 7) is 6.90. The highest BCUT2D eigenvalue weighted by Crippen LogP contribution is 2.42. The van der Waals surface area contributed by atoms with Gasteiger partial charge in [-0.2, -0.15) is 0 Å². The van der Waals surface area contributed by atoms with E-state index in [1.54, 1.807) is 13.3 Å². The zero-order valence-electron chi connectivity index (χ0n) is 17.7. The van der Waals surface area contributed by atoms with Gasteiger partial charge < -0.3 is 18.8 Å². The number of aromatic nitrogens is 2. The average Bonchev–Trinajstić information content (AvgIpc) is 3.26. The van der Waals surface area contributed by atoms with Gasteiger partial charge in [0.05, 0.1) is 24.6 Å². The maximum Gasteiger partial charge on any atom is 0.341 e. The average molecular weight is 410 g/mol. The van der Waals surface area contributed by atoms with Crippen LogP contribution in [-0.2, 0) is 19.4 Å². The molecule has 0 atom stereocenters. The number of pyridine rings is 1. The smallest absolute Gasteiger partial charge is 0.341 e. The van der Waals surface area contributed by atoms with Gasteiger partial charge >= 0.3 is 5.97 Å². The molecule has 1 aliphatic rings. The summed E-state index contributed by atoms with van der Waals surface area (Å²) < 4.78 is 13.0. The summed E-state index contributed by atoms with van der Waals surface area (Å²) in [6.07, 6.45) is 7.13. The van der Waals surface area contributed by atoms with Gasteiger partial charge in [0.15, 0.2) is 17.6 Å². The van der Waals surface area contributed by atoms with E-state index >= 15 is 0 Å². The van der Waals surface area contributed by atoms with Crippen LogP contribution in [0.5, 0.6) is 5.75 Å². The van der Waals surface area contributed by atoms with Crippen molar-refractivity contribution in [2.24, 2.45) is 0 Å². The summed E-state index contributed by atoms with van der Waals surface area (Å²) in [4.78, 5) is 27.6. The Labute approximate surface area is 175 Å². The number of benzene rings is 1. The minimum Gasteiger partial charge on any atom is -0.496 e. The van der Waals surface area contributed by atoms with Crippen molar-refractivity contribution < 1.29 is 19.1 Å². The van der Waals surface area contributed by atoms with E-state index in [4.69, 9.17) is 9.15 Å². The van der Waals surface area contributed by atoms with Gasteiger partial charge in [0.2, 0.25) is 0 Å². The fraction of sp³-hybridized carbons (Fsp3) is 0.348. The highest BCUT2D eigenvalue weighted by atomic mass is 16.5. The number of carboxylic acids is 1. The summed E-state index contributed by atoms with van der Waals surface area (Å²) in [5.41, 5.74) is 3.79. The number of nitrogens with zero attached hydrogens (tertiary/aromatic N) is 2. The van der Waals surface area contributed by atoms with Crippen LogP contribution in [0.2, 0.25) is 0 Å². The Bertz CT molecular complexity index is 1110. The topological polar surface area (TPSA) is 94.6 Å². The van der Waals surface area contributed by atoms with Crippen LogP contribution >= 0.6 is 0 Å². The van der Waals surface area contributed by atoms with E-state index in [-0.39, 0.29) is 5.56 Å². The van der Waals surface area contributed by atoms with Gasteiger partial charge in [-0.1, -0.05) is 27.2 Å². The van der Waals surface area contributed by atoms with Gasteiger partial charge in [-0.3, -0.25) is 4.79 Å². The van der Waals surface area contributed by atoms with Crippen molar-refractivity contribution in [2.45, 2.75) is 46.6 Å². The lowest BCUT2D eigenvalue weighted by Crippen LogP contribution is -2.22. The number of methoxy groups -OCH3 is 1. The first kappa shape index (κ1) is 21.4.